The smallest absolute Gasteiger partial charge is 0.323 e. The molecule has 0 N–H and O–H groups in total. The molecule has 0 aliphatic carbocycles. The van der Waals surface area contributed by atoms with Crippen LogP contribution in [0.15, 0.2) is 12.1 Å². The van der Waals surface area contributed by atoms with Crippen molar-refractivity contribution in [1.29, 1.82) is 0 Å². The van der Waals surface area contributed by atoms with Gasteiger partial charge in [-0.15, -0.1) is 0 Å². The zero-order valence-electron chi connectivity index (χ0n) is 19.6. The highest BCUT2D eigenvalue weighted by Crippen LogP contribution is 2.31. The molecule has 0 atom stereocenters. The number of unbranched alkanes of at least 4 members (excludes halogenated alkanes) is 8. The van der Waals surface area contributed by atoms with Crippen molar-refractivity contribution < 1.29 is 32.2 Å². The van der Waals surface area contributed by atoms with Crippen LogP contribution in [0.4, 0.5) is 13.2 Å². The van der Waals surface area contributed by atoms with Gasteiger partial charge in [0, 0.05) is 11.6 Å². The minimum Gasteiger partial charge on any atom is -0.465 e. The van der Waals surface area contributed by atoms with Crippen molar-refractivity contribution in [3.63, 3.8) is 0 Å². The molecule has 0 saturated heterocycles. The van der Waals surface area contributed by atoms with E-state index in [4.69, 9.17) is 9.47 Å². The van der Waals surface area contributed by atoms with E-state index in [1.807, 2.05) is 0 Å². The standard InChI is InChI=1S/C25H37F3O4/c1-4-7-8-9-10-11-12-13-14-15-31-23(29)25(5-2,6-3)24(30)32-18-19-16-21(27)22(28)17-20(19)26/h16-17H,4-15,18H2,1-3H3. The molecule has 7 heteroatoms. The Kier molecular flexibility index (Phi) is 13.0. The van der Waals surface area contributed by atoms with Gasteiger partial charge >= 0.3 is 11.9 Å². The summed E-state index contributed by atoms with van der Waals surface area (Å²) in [5.41, 5.74) is -1.81. The van der Waals surface area contributed by atoms with Gasteiger partial charge < -0.3 is 9.47 Å². The molecule has 0 saturated carbocycles. The van der Waals surface area contributed by atoms with Crippen LogP contribution >= 0.6 is 0 Å². The molecular weight excluding hydrogens is 421 g/mol. The second-order valence-corrected chi connectivity index (χ2v) is 8.19. The van der Waals surface area contributed by atoms with Gasteiger partial charge in [-0.1, -0.05) is 72.1 Å². The summed E-state index contributed by atoms with van der Waals surface area (Å²) in [5.74, 6) is -5.12. The van der Waals surface area contributed by atoms with E-state index in [-0.39, 0.29) is 25.0 Å². The van der Waals surface area contributed by atoms with Crippen LogP contribution in [-0.4, -0.2) is 18.5 Å². The molecule has 0 bridgehead atoms. The Morgan fingerprint density at radius 3 is 1.78 bits per heavy atom. The SMILES string of the molecule is CCCCCCCCCCCOC(=O)C(CC)(CC)C(=O)OCc1cc(F)c(F)cc1F. The third-order valence-electron chi connectivity index (χ3n) is 5.92. The lowest BCUT2D eigenvalue weighted by molar-refractivity contribution is -0.174. The van der Waals surface area contributed by atoms with Crippen LogP contribution in [0.25, 0.3) is 0 Å². The van der Waals surface area contributed by atoms with Crippen LogP contribution in [0.5, 0.6) is 0 Å². The van der Waals surface area contributed by atoms with E-state index in [0.717, 1.165) is 19.3 Å². The summed E-state index contributed by atoms with van der Waals surface area (Å²) in [6, 6.07) is 1.03. The molecule has 0 spiro atoms. The Bertz CT molecular complexity index is 717. The van der Waals surface area contributed by atoms with Crippen LogP contribution < -0.4 is 0 Å². The van der Waals surface area contributed by atoms with Gasteiger partial charge in [-0.05, 0) is 25.3 Å². The summed E-state index contributed by atoms with van der Waals surface area (Å²) < 4.78 is 50.6. The number of rotatable bonds is 16. The molecule has 4 nitrogen and oxygen atoms in total. The highest BCUT2D eigenvalue weighted by atomic mass is 19.2. The molecule has 1 aromatic carbocycles. The number of ether oxygens (including phenoxy) is 2. The van der Waals surface area contributed by atoms with Crippen LogP contribution in [-0.2, 0) is 25.7 Å². The lowest BCUT2D eigenvalue weighted by atomic mass is 9.82. The largest absolute Gasteiger partial charge is 0.465 e. The van der Waals surface area contributed by atoms with Crippen LogP contribution in [0.2, 0.25) is 0 Å². The number of hydrogen-bond donors (Lipinski definition) is 0. The molecule has 0 aliphatic rings. The van der Waals surface area contributed by atoms with Crippen molar-refractivity contribution >= 4 is 11.9 Å². The molecule has 0 radical (unpaired) electrons. The Morgan fingerprint density at radius 2 is 1.22 bits per heavy atom. The van der Waals surface area contributed by atoms with Gasteiger partial charge in [0.1, 0.15) is 12.4 Å². The number of carbonyl (C=O) groups is 2. The molecule has 0 heterocycles. The lowest BCUT2D eigenvalue weighted by Gasteiger charge is -2.27. The third kappa shape index (κ3) is 8.47. The van der Waals surface area contributed by atoms with Gasteiger partial charge in [0.15, 0.2) is 17.0 Å². The maximum Gasteiger partial charge on any atom is 0.323 e. The second-order valence-electron chi connectivity index (χ2n) is 8.19. The zero-order valence-corrected chi connectivity index (χ0v) is 19.6. The van der Waals surface area contributed by atoms with Crippen LogP contribution in [0.3, 0.4) is 0 Å². The predicted molar refractivity (Wildman–Crippen MR) is 117 cm³/mol. The van der Waals surface area contributed by atoms with E-state index >= 15 is 0 Å². The van der Waals surface area contributed by atoms with E-state index in [2.05, 4.69) is 6.92 Å². The van der Waals surface area contributed by atoms with E-state index in [1.54, 1.807) is 13.8 Å². The Balaban J connectivity index is 2.48. The maximum absolute atomic E-state index is 13.8. The molecule has 32 heavy (non-hydrogen) atoms. The van der Waals surface area contributed by atoms with Gasteiger partial charge in [-0.2, -0.15) is 0 Å². The number of halogens is 3. The Labute approximate surface area is 189 Å². The first kappa shape index (κ1) is 28.0. The Hall–Kier alpha value is -2.05. The minimum atomic E-state index is -1.51. The third-order valence-corrected chi connectivity index (χ3v) is 5.92. The van der Waals surface area contributed by atoms with Crippen LogP contribution in [0.1, 0.15) is 97.0 Å². The summed E-state index contributed by atoms with van der Waals surface area (Å²) in [6.45, 7) is 5.15. The van der Waals surface area contributed by atoms with E-state index in [0.29, 0.717) is 12.1 Å². The topological polar surface area (TPSA) is 52.6 Å². The van der Waals surface area contributed by atoms with Gasteiger partial charge in [0.05, 0.1) is 6.61 Å². The maximum atomic E-state index is 13.8. The average Bonchev–Trinajstić information content (AvgIpc) is 2.77. The minimum absolute atomic E-state index is 0.152. The van der Waals surface area contributed by atoms with E-state index in [1.165, 1.54) is 38.5 Å². The fourth-order valence-electron chi connectivity index (χ4n) is 3.58. The first-order valence-electron chi connectivity index (χ1n) is 11.8. The van der Waals surface area contributed by atoms with Gasteiger partial charge in [-0.3, -0.25) is 9.59 Å². The van der Waals surface area contributed by atoms with Gasteiger partial charge in [-0.25, -0.2) is 13.2 Å². The second kappa shape index (κ2) is 14.9. The number of esters is 2. The number of carbonyl (C=O) groups excluding carboxylic acids is 2. The number of hydrogen-bond acceptors (Lipinski definition) is 4. The van der Waals surface area contributed by atoms with Crippen molar-refractivity contribution in [2.24, 2.45) is 5.41 Å². The summed E-state index contributed by atoms with van der Waals surface area (Å²) in [7, 11) is 0. The van der Waals surface area contributed by atoms with Crippen molar-refractivity contribution in [3.05, 3.63) is 35.1 Å². The lowest BCUT2D eigenvalue weighted by Crippen LogP contribution is -2.41. The monoisotopic (exact) mass is 458 g/mol. The molecule has 1 aromatic rings. The highest BCUT2D eigenvalue weighted by Gasteiger charge is 2.46. The normalized spacial score (nSPS) is 11.4. The van der Waals surface area contributed by atoms with E-state index < -0.39 is 41.4 Å². The predicted octanol–water partition coefficient (Wildman–Crippen LogP) is 7.03. The summed E-state index contributed by atoms with van der Waals surface area (Å²) in [5, 5.41) is 0. The molecule has 1 rings (SSSR count). The van der Waals surface area contributed by atoms with Crippen LogP contribution in [0, 0.1) is 22.9 Å². The van der Waals surface area contributed by atoms with Crippen molar-refractivity contribution in [1.82, 2.24) is 0 Å². The molecule has 182 valence electrons. The van der Waals surface area contributed by atoms with Crippen molar-refractivity contribution in [2.45, 2.75) is 98.0 Å². The average molecular weight is 459 g/mol. The Morgan fingerprint density at radius 1 is 0.719 bits per heavy atom. The molecule has 0 fully saturated rings. The van der Waals surface area contributed by atoms with E-state index in [9.17, 15) is 22.8 Å². The molecule has 0 amide bonds. The molecular formula is C25H37F3O4. The molecule has 0 unspecified atom stereocenters. The molecule has 0 aliphatic heterocycles. The first-order chi connectivity index (χ1) is 15.3. The van der Waals surface area contributed by atoms with Crippen molar-refractivity contribution in [2.75, 3.05) is 6.61 Å². The highest BCUT2D eigenvalue weighted by molar-refractivity contribution is 5.99. The fraction of sp³-hybridized carbons (Fsp3) is 0.680. The molecule has 0 aromatic heterocycles. The van der Waals surface area contributed by atoms with Crippen molar-refractivity contribution in [3.8, 4) is 0 Å². The zero-order chi connectivity index (χ0) is 24.0. The fourth-order valence-corrected chi connectivity index (χ4v) is 3.58. The summed E-state index contributed by atoms with van der Waals surface area (Å²) in [4.78, 5) is 25.3. The summed E-state index contributed by atoms with van der Waals surface area (Å²) in [6.07, 6.45) is 10.5. The number of benzene rings is 1. The summed E-state index contributed by atoms with van der Waals surface area (Å²) >= 11 is 0. The first-order valence-corrected chi connectivity index (χ1v) is 11.8. The van der Waals surface area contributed by atoms with Gasteiger partial charge in [0.2, 0.25) is 0 Å². The quantitative estimate of drug-likeness (QED) is 0.116. The van der Waals surface area contributed by atoms with Gasteiger partial charge in [0.25, 0.3) is 0 Å².